The molecule has 1 aromatic heterocycles. The van der Waals surface area contributed by atoms with Crippen LogP contribution >= 0.6 is 24.0 Å². The topological polar surface area (TPSA) is 62.2 Å². The molecule has 1 aliphatic rings. The first-order valence-electron chi connectivity index (χ1n) is 10.5. The molecular weight excluding hydrogens is 481 g/mol. The van der Waals surface area contributed by atoms with Gasteiger partial charge in [-0.05, 0) is 44.7 Å². The zero-order valence-electron chi connectivity index (χ0n) is 18.4. The molecule has 0 aromatic carbocycles. The number of ether oxygens (including phenoxy) is 2. The Balaban J connectivity index is 0.00000420. The number of anilines is 1. The molecule has 1 saturated heterocycles. The van der Waals surface area contributed by atoms with Crippen LogP contribution in [0.15, 0.2) is 23.3 Å². The Kier molecular flexibility index (Phi) is 13.2. The van der Waals surface area contributed by atoms with Crippen LogP contribution in [0.3, 0.4) is 0 Å². The molecule has 8 heteroatoms. The second-order valence-corrected chi connectivity index (χ2v) is 7.00. The maximum Gasteiger partial charge on any atom is 0.193 e. The van der Waals surface area contributed by atoms with Crippen LogP contribution in [0.2, 0.25) is 0 Å². The summed E-state index contributed by atoms with van der Waals surface area (Å²) in [6.07, 6.45) is 5.33. The SMILES string of the molecule is CCN(CC)c1ccc(CNC(=NC)N2CCC(OCCCOC)CC2)cn1.I. The van der Waals surface area contributed by atoms with Gasteiger partial charge in [0, 0.05) is 66.3 Å². The van der Waals surface area contributed by atoms with Gasteiger partial charge in [0.05, 0.1) is 6.10 Å². The molecule has 1 aromatic rings. The van der Waals surface area contributed by atoms with Crippen molar-refractivity contribution in [2.24, 2.45) is 4.99 Å². The van der Waals surface area contributed by atoms with E-state index in [1.54, 1.807) is 7.11 Å². The zero-order chi connectivity index (χ0) is 20.2. The zero-order valence-corrected chi connectivity index (χ0v) is 20.7. The molecule has 0 aliphatic carbocycles. The van der Waals surface area contributed by atoms with Gasteiger partial charge in [0.25, 0.3) is 0 Å². The van der Waals surface area contributed by atoms with Crippen LogP contribution in [0.1, 0.15) is 38.7 Å². The number of methoxy groups -OCH3 is 1. The van der Waals surface area contributed by atoms with Crippen molar-refractivity contribution in [1.29, 1.82) is 0 Å². The van der Waals surface area contributed by atoms with E-state index in [1.165, 1.54) is 0 Å². The summed E-state index contributed by atoms with van der Waals surface area (Å²) in [5, 5.41) is 3.47. The highest BCUT2D eigenvalue weighted by atomic mass is 127. The lowest BCUT2D eigenvalue weighted by molar-refractivity contribution is 0.00989. The fourth-order valence-electron chi connectivity index (χ4n) is 3.46. The number of guanidine groups is 1. The van der Waals surface area contributed by atoms with Crippen molar-refractivity contribution < 1.29 is 9.47 Å². The first-order chi connectivity index (χ1) is 13.7. The van der Waals surface area contributed by atoms with Gasteiger partial charge in [-0.1, -0.05) is 6.07 Å². The van der Waals surface area contributed by atoms with Crippen molar-refractivity contribution in [2.75, 3.05) is 58.5 Å². The number of nitrogens with zero attached hydrogens (tertiary/aromatic N) is 4. The van der Waals surface area contributed by atoms with Crippen LogP contribution in [0.25, 0.3) is 0 Å². The van der Waals surface area contributed by atoms with Crippen molar-refractivity contribution in [3.63, 3.8) is 0 Å². The van der Waals surface area contributed by atoms with Crippen molar-refractivity contribution >= 4 is 35.8 Å². The summed E-state index contributed by atoms with van der Waals surface area (Å²) < 4.78 is 11.0. The van der Waals surface area contributed by atoms with Gasteiger partial charge in [0.2, 0.25) is 0 Å². The standard InChI is InChI=1S/C21H37N5O2.HI/c1-5-25(6-2)20-9-8-18(16-23-20)17-24-21(22-3)26-12-10-19(11-13-26)28-15-7-14-27-4;/h8-9,16,19H,5-7,10-15,17H2,1-4H3,(H,22,24);1H. The normalized spacial score (nSPS) is 15.2. The summed E-state index contributed by atoms with van der Waals surface area (Å²) in [6.45, 7) is 10.5. The highest BCUT2D eigenvalue weighted by Crippen LogP contribution is 2.15. The van der Waals surface area contributed by atoms with Crippen molar-refractivity contribution in [1.82, 2.24) is 15.2 Å². The lowest BCUT2D eigenvalue weighted by Crippen LogP contribution is -2.46. The molecule has 0 radical (unpaired) electrons. The maximum atomic E-state index is 5.95. The predicted molar refractivity (Wildman–Crippen MR) is 130 cm³/mol. The fourth-order valence-corrected chi connectivity index (χ4v) is 3.46. The number of hydrogen-bond donors (Lipinski definition) is 1. The lowest BCUT2D eigenvalue weighted by atomic mass is 10.1. The third kappa shape index (κ3) is 8.64. The number of piperidine rings is 1. The Morgan fingerprint density at radius 2 is 1.97 bits per heavy atom. The van der Waals surface area contributed by atoms with Gasteiger partial charge in [0.15, 0.2) is 5.96 Å². The Morgan fingerprint density at radius 1 is 1.24 bits per heavy atom. The molecular formula is C21H38IN5O2. The smallest absolute Gasteiger partial charge is 0.193 e. The third-order valence-electron chi connectivity index (χ3n) is 5.15. The number of nitrogens with one attached hydrogen (secondary N) is 1. The average Bonchev–Trinajstić information content (AvgIpc) is 2.74. The predicted octanol–water partition coefficient (Wildman–Crippen LogP) is 3.14. The summed E-state index contributed by atoms with van der Waals surface area (Å²) in [6, 6.07) is 4.24. The number of likely N-dealkylation sites (tertiary alicyclic amines) is 1. The summed E-state index contributed by atoms with van der Waals surface area (Å²) >= 11 is 0. The Bertz CT molecular complexity index is 573. The van der Waals surface area contributed by atoms with E-state index in [4.69, 9.17) is 9.47 Å². The van der Waals surface area contributed by atoms with Crippen LogP contribution in [-0.2, 0) is 16.0 Å². The van der Waals surface area contributed by atoms with Gasteiger partial charge < -0.3 is 24.6 Å². The van der Waals surface area contributed by atoms with Crippen molar-refractivity contribution in [3.8, 4) is 0 Å². The Labute approximate surface area is 193 Å². The highest BCUT2D eigenvalue weighted by Gasteiger charge is 2.21. The van der Waals surface area contributed by atoms with Crippen LogP contribution in [0.5, 0.6) is 0 Å². The first kappa shape index (κ1) is 25.9. The van der Waals surface area contributed by atoms with Crippen LogP contribution in [0.4, 0.5) is 5.82 Å². The molecule has 1 aliphatic heterocycles. The number of aliphatic imine (C=N–C) groups is 1. The maximum absolute atomic E-state index is 5.95. The van der Waals surface area contributed by atoms with Crippen molar-refractivity contribution in [2.45, 2.75) is 45.8 Å². The van der Waals surface area contributed by atoms with Crippen LogP contribution in [-0.4, -0.2) is 75.5 Å². The van der Waals surface area contributed by atoms with E-state index in [-0.39, 0.29) is 24.0 Å². The fraction of sp³-hybridized carbons (Fsp3) is 0.714. The number of rotatable bonds is 10. The van der Waals surface area contributed by atoms with Gasteiger partial charge in [-0.25, -0.2) is 4.98 Å². The van der Waals surface area contributed by atoms with Gasteiger partial charge in [-0.2, -0.15) is 0 Å². The van der Waals surface area contributed by atoms with E-state index in [0.717, 1.165) is 82.5 Å². The molecule has 7 nitrogen and oxygen atoms in total. The molecule has 1 fully saturated rings. The van der Waals surface area contributed by atoms with E-state index in [1.807, 2.05) is 13.2 Å². The quantitative estimate of drug-likeness (QED) is 0.222. The molecule has 29 heavy (non-hydrogen) atoms. The molecule has 2 heterocycles. The monoisotopic (exact) mass is 519 g/mol. The van der Waals surface area contributed by atoms with Gasteiger partial charge in [0.1, 0.15) is 5.82 Å². The minimum Gasteiger partial charge on any atom is -0.385 e. The highest BCUT2D eigenvalue weighted by molar-refractivity contribution is 14.0. The van der Waals surface area contributed by atoms with E-state index in [2.05, 4.69) is 51.1 Å². The summed E-state index contributed by atoms with van der Waals surface area (Å²) in [5.41, 5.74) is 1.16. The Morgan fingerprint density at radius 3 is 2.52 bits per heavy atom. The number of hydrogen-bond acceptors (Lipinski definition) is 5. The molecule has 0 unspecified atom stereocenters. The van der Waals surface area contributed by atoms with Crippen LogP contribution in [0, 0.1) is 0 Å². The molecule has 0 atom stereocenters. The number of aromatic nitrogens is 1. The van der Waals surface area contributed by atoms with E-state index in [9.17, 15) is 0 Å². The average molecular weight is 519 g/mol. The molecule has 2 rings (SSSR count). The largest absolute Gasteiger partial charge is 0.385 e. The lowest BCUT2D eigenvalue weighted by Gasteiger charge is -2.34. The van der Waals surface area contributed by atoms with Gasteiger partial charge >= 0.3 is 0 Å². The van der Waals surface area contributed by atoms with E-state index < -0.39 is 0 Å². The minimum absolute atomic E-state index is 0. The first-order valence-corrected chi connectivity index (χ1v) is 10.5. The third-order valence-corrected chi connectivity index (χ3v) is 5.15. The molecule has 166 valence electrons. The van der Waals surface area contributed by atoms with E-state index >= 15 is 0 Å². The number of halogens is 1. The second-order valence-electron chi connectivity index (χ2n) is 7.00. The molecule has 0 spiro atoms. The van der Waals surface area contributed by atoms with E-state index in [0.29, 0.717) is 6.10 Å². The van der Waals surface area contributed by atoms with Crippen LogP contribution < -0.4 is 10.2 Å². The van der Waals surface area contributed by atoms with Crippen molar-refractivity contribution in [3.05, 3.63) is 23.9 Å². The van der Waals surface area contributed by atoms with Gasteiger partial charge in [-0.15, -0.1) is 24.0 Å². The molecule has 1 N–H and O–H groups in total. The second kappa shape index (κ2) is 14.8. The molecule has 0 bridgehead atoms. The summed E-state index contributed by atoms with van der Waals surface area (Å²) in [5.74, 6) is 1.98. The molecule has 0 saturated carbocycles. The Hall–Kier alpha value is -1.13. The minimum atomic E-state index is 0. The van der Waals surface area contributed by atoms with Gasteiger partial charge in [-0.3, -0.25) is 4.99 Å². The molecule has 0 amide bonds. The number of pyridine rings is 1. The summed E-state index contributed by atoms with van der Waals surface area (Å²) in [4.78, 5) is 13.6. The summed E-state index contributed by atoms with van der Waals surface area (Å²) in [7, 11) is 3.57.